The van der Waals surface area contributed by atoms with E-state index in [9.17, 15) is 9.59 Å². The number of nitrogens with one attached hydrogen (secondary N) is 2. The molecule has 0 radical (unpaired) electrons. The van der Waals surface area contributed by atoms with Gasteiger partial charge in [-0.15, -0.1) is 0 Å². The van der Waals surface area contributed by atoms with Crippen LogP contribution in [0.2, 0.25) is 0 Å². The molecule has 0 aliphatic carbocycles. The number of aromatic nitrogens is 2. The summed E-state index contributed by atoms with van der Waals surface area (Å²) < 4.78 is 5.99. The molecule has 0 bridgehead atoms. The maximum atomic E-state index is 13.1. The number of hydrogen-bond acceptors (Lipinski definition) is 4. The number of likely N-dealkylation sites (N-methyl/N-ethyl adjacent to an activating group) is 1. The number of nitrogens with zero attached hydrogens (tertiary/aromatic N) is 2. The van der Waals surface area contributed by atoms with Crippen molar-refractivity contribution in [1.29, 1.82) is 0 Å². The molecular weight excluding hydrogens is 368 g/mol. The number of para-hydroxylation sites is 1. The summed E-state index contributed by atoms with van der Waals surface area (Å²) in [6, 6.07) is 20.1. The van der Waals surface area contributed by atoms with E-state index in [1.807, 2.05) is 60.7 Å². The molecule has 2 heterocycles. The lowest BCUT2D eigenvalue weighted by atomic mass is 10.1. The molecule has 0 unspecified atom stereocenters. The average Bonchev–Trinajstić information content (AvgIpc) is 3.42. The maximum Gasteiger partial charge on any atom is 0.272 e. The van der Waals surface area contributed by atoms with Gasteiger partial charge in [-0.05, 0) is 18.2 Å². The van der Waals surface area contributed by atoms with Crippen LogP contribution >= 0.6 is 0 Å². The van der Waals surface area contributed by atoms with E-state index in [1.165, 1.54) is 0 Å². The number of carbonyl (C=O) groups excluding carboxylic acids is 2. The smallest absolute Gasteiger partial charge is 0.272 e. The van der Waals surface area contributed by atoms with Gasteiger partial charge >= 0.3 is 0 Å². The molecule has 1 saturated heterocycles. The number of rotatable bonds is 5. The monoisotopic (exact) mass is 390 g/mol. The third-order valence-corrected chi connectivity index (χ3v) is 5.00. The van der Waals surface area contributed by atoms with Crippen LogP contribution < -0.4 is 10.1 Å². The first-order valence-corrected chi connectivity index (χ1v) is 9.51. The first-order chi connectivity index (χ1) is 14.2. The summed E-state index contributed by atoms with van der Waals surface area (Å²) in [4.78, 5) is 27.1. The van der Waals surface area contributed by atoms with Crippen LogP contribution in [0.5, 0.6) is 5.75 Å². The summed E-state index contributed by atoms with van der Waals surface area (Å²) in [6.45, 7) is 0.325. The Hall–Kier alpha value is -3.61. The maximum absolute atomic E-state index is 13.1. The lowest BCUT2D eigenvalue weighted by Crippen LogP contribution is -2.45. The number of benzene rings is 2. The van der Waals surface area contributed by atoms with Gasteiger partial charge in [0.15, 0.2) is 0 Å². The van der Waals surface area contributed by atoms with Crippen molar-refractivity contribution in [3.63, 3.8) is 0 Å². The van der Waals surface area contributed by atoms with Crippen LogP contribution in [0.3, 0.4) is 0 Å². The van der Waals surface area contributed by atoms with Gasteiger partial charge in [-0.1, -0.05) is 48.5 Å². The van der Waals surface area contributed by atoms with Gasteiger partial charge in [0.2, 0.25) is 5.91 Å². The fraction of sp³-hybridized carbons (Fsp3) is 0.227. The zero-order chi connectivity index (χ0) is 20.2. The van der Waals surface area contributed by atoms with Gasteiger partial charge in [0, 0.05) is 19.0 Å². The summed E-state index contributed by atoms with van der Waals surface area (Å²) in [5.41, 5.74) is 1.94. The van der Waals surface area contributed by atoms with E-state index in [1.54, 1.807) is 18.0 Å². The highest BCUT2D eigenvalue weighted by molar-refractivity contribution is 5.97. The van der Waals surface area contributed by atoms with Crippen LogP contribution in [0.25, 0.3) is 11.3 Å². The number of ether oxygens (including phenoxy) is 1. The minimum atomic E-state index is -0.593. The second-order valence-electron chi connectivity index (χ2n) is 6.91. The number of aromatic amines is 1. The van der Waals surface area contributed by atoms with E-state index < -0.39 is 6.04 Å². The Kier molecular flexibility index (Phi) is 5.29. The van der Waals surface area contributed by atoms with Gasteiger partial charge in [0.1, 0.15) is 23.6 Å². The fourth-order valence-electron chi connectivity index (χ4n) is 3.56. The van der Waals surface area contributed by atoms with E-state index >= 15 is 0 Å². The molecular formula is C22H22N4O3. The lowest BCUT2D eigenvalue weighted by molar-refractivity contribution is -0.124. The molecule has 2 N–H and O–H groups in total. The molecule has 3 aromatic rings. The summed E-state index contributed by atoms with van der Waals surface area (Å²) in [5, 5.41) is 9.71. The van der Waals surface area contributed by atoms with Crippen LogP contribution in [0.4, 0.5) is 0 Å². The van der Waals surface area contributed by atoms with Gasteiger partial charge in [0.25, 0.3) is 5.91 Å². The van der Waals surface area contributed by atoms with Gasteiger partial charge in [0.05, 0.1) is 12.2 Å². The molecule has 7 nitrogen and oxygen atoms in total. The zero-order valence-electron chi connectivity index (χ0n) is 16.0. The second-order valence-corrected chi connectivity index (χ2v) is 6.91. The Morgan fingerprint density at radius 2 is 1.79 bits per heavy atom. The van der Waals surface area contributed by atoms with Crippen LogP contribution in [0.15, 0.2) is 66.7 Å². The van der Waals surface area contributed by atoms with Crippen LogP contribution in [0, 0.1) is 0 Å². The largest absolute Gasteiger partial charge is 0.488 e. The van der Waals surface area contributed by atoms with E-state index in [0.717, 1.165) is 11.3 Å². The molecule has 0 saturated carbocycles. The fourth-order valence-corrected chi connectivity index (χ4v) is 3.56. The van der Waals surface area contributed by atoms with E-state index in [-0.39, 0.29) is 17.9 Å². The lowest BCUT2D eigenvalue weighted by Gasteiger charge is -2.22. The molecule has 2 aromatic carbocycles. The van der Waals surface area contributed by atoms with Crippen molar-refractivity contribution in [1.82, 2.24) is 20.4 Å². The third kappa shape index (κ3) is 3.99. The SMILES string of the molecule is CNC(=O)[C@H]1C[C@H](Oc2ccccc2)CN1C(=O)c1cc(-c2ccccc2)n[nH]1. The normalized spacial score (nSPS) is 18.4. The Balaban J connectivity index is 1.54. The van der Waals surface area contributed by atoms with Crippen molar-refractivity contribution in [3.05, 3.63) is 72.4 Å². The first kappa shape index (κ1) is 18.7. The van der Waals surface area contributed by atoms with E-state index in [0.29, 0.717) is 24.4 Å². The molecule has 1 aliphatic heterocycles. The Morgan fingerprint density at radius 1 is 1.10 bits per heavy atom. The second kappa shape index (κ2) is 8.18. The topological polar surface area (TPSA) is 87.3 Å². The van der Waals surface area contributed by atoms with Gasteiger partial charge in [-0.2, -0.15) is 5.10 Å². The van der Waals surface area contributed by atoms with Gasteiger partial charge in [-0.3, -0.25) is 14.7 Å². The Labute approximate surface area is 168 Å². The summed E-state index contributed by atoms with van der Waals surface area (Å²) in [6.07, 6.45) is 0.167. The number of H-pyrrole nitrogens is 1. The Bertz CT molecular complexity index is 988. The van der Waals surface area contributed by atoms with Gasteiger partial charge < -0.3 is 15.0 Å². The van der Waals surface area contributed by atoms with Crippen molar-refractivity contribution in [3.8, 4) is 17.0 Å². The molecule has 29 heavy (non-hydrogen) atoms. The molecule has 1 aliphatic rings. The first-order valence-electron chi connectivity index (χ1n) is 9.51. The quantitative estimate of drug-likeness (QED) is 0.701. The highest BCUT2D eigenvalue weighted by Gasteiger charge is 2.41. The summed E-state index contributed by atoms with van der Waals surface area (Å²) >= 11 is 0. The minimum absolute atomic E-state index is 0.208. The molecule has 4 rings (SSSR count). The molecule has 1 aromatic heterocycles. The van der Waals surface area contributed by atoms with Gasteiger partial charge in [-0.25, -0.2) is 0 Å². The number of carbonyl (C=O) groups is 2. The zero-order valence-corrected chi connectivity index (χ0v) is 16.0. The van der Waals surface area contributed by atoms with Crippen LogP contribution in [-0.2, 0) is 4.79 Å². The number of hydrogen-bond donors (Lipinski definition) is 2. The number of likely N-dealkylation sites (tertiary alicyclic amines) is 1. The van der Waals surface area contributed by atoms with Crippen LogP contribution in [0.1, 0.15) is 16.9 Å². The van der Waals surface area contributed by atoms with Crippen molar-refractivity contribution < 1.29 is 14.3 Å². The predicted octanol–water partition coefficient (Wildman–Crippen LogP) is 2.48. The predicted molar refractivity (Wildman–Crippen MR) is 108 cm³/mol. The van der Waals surface area contributed by atoms with Crippen molar-refractivity contribution in [2.75, 3.05) is 13.6 Å². The summed E-state index contributed by atoms with van der Waals surface area (Å²) in [7, 11) is 1.57. The van der Waals surface area contributed by atoms with E-state index in [4.69, 9.17) is 4.74 Å². The third-order valence-electron chi connectivity index (χ3n) is 5.00. The molecule has 2 atom stereocenters. The van der Waals surface area contributed by atoms with Crippen molar-refractivity contribution >= 4 is 11.8 Å². The Morgan fingerprint density at radius 3 is 2.48 bits per heavy atom. The molecule has 148 valence electrons. The van der Waals surface area contributed by atoms with Crippen LogP contribution in [-0.4, -0.2) is 52.6 Å². The molecule has 2 amide bonds. The molecule has 7 heteroatoms. The van der Waals surface area contributed by atoms with Crippen molar-refractivity contribution in [2.24, 2.45) is 0 Å². The highest BCUT2D eigenvalue weighted by atomic mass is 16.5. The molecule has 0 spiro atoms. The van der Waals surface area contributed by atoms with Crippen molar-refractivity contribution in [2.45, 2.75) is 18.6 Å². The standard InChI is InChI=1S/C22H22N4O3/c1-23-21(27)20-12-17(29-16-10-6-3-7-11-16)14-26(20)22(28)19-13-18(24-25-19)15-8-4-2-5-9-15/h2-11,13,17,20H,12,14H2,1H3,(H,23,27)(H,24,25)/t17-,20+/m0/s1. The van der Waals surface area contributed by atoms with E-state index in [2.05, 4.69) is 15.5 Å². The highest BCUT2D eigenvalue weighted by Crippen LogP contribution is 2.26. The molecule has 1 fully saturated rings. The minimum Gasteiger partial charge on any atom is -0.488 e. The summed E-state index contributed by atoms with van der Waals surface area (Å²) in [5.74, 6) is 0.239. The average molecular weight is 390 g/mol. The number of amides is 2.